The molecule has 0 aliphatic rings. The normalized spacial score (nSPS) is 11.6. The highest BCUT2D eigenvalue weighted by Gasteiger charge is 2.18. The Hall–Kier alpha value is -4.65. The van der Waals surface area contributed by atoms with Gasteiger partial charge in [0, 0.05) is 31.6 Å². The Bertz CT molecular complexity index is 1490. The van der Waals surface area contributed by atoms with Gasteiger partial charge in [0.15, 0.2) is 0 Å². The molecule has 200 valence electrons. The van der Waals surface area contributed by atoms with E-state index >= 15 is 0 Å². The fourth-order valence-electron chi connectivity index (χ4n) is 4.52. The van der Waals surface area contributed by atoms with Crippen LogP contribution in [0.5, 0.6) is 11.5 Å². The number of benzene rings is 4. The number of aryl methyl sites for hydroxylation is 1. The fraction of sp³-hybridized carbons (Fsp3) is 0.219. The van der Waals surface area contributed by atoms with Gasteiger partial charge in [0.05, 0.1) is 6.04 Å². The molecule has 4 aromatic carbocycles. The molecule has 2 N–H and O–H groups in total. The predicted molar refractivity (Wildman–Crippen MR) is 151 cm³/mol. The molecule has 4 aromatic rings. The molecule has 0 aliphatic carbocycles. The first-order valence-electron chi connectivity index (χ1n) is 12.9. The summed E-state index contributed by atoms with van der Waals surface area (Å²) in [5.74, 6) is -0.252. The van der Waals surface area contributed by atoms with Crippen LogP contribution in [-0.2, 0) is 11.2 Å². The number of carbonyl (C=O) groups is 3. The van der Waals surface area contributed by atoms with Crippen LogP contribution >= 0.6 is 0 Å². The number of carboxylic acid groups (broad SMARTS) is 1. The lowest BCUT2D eigenvalue weighted by molar-refractivity contribution is -0.137. The van der Waals surface area contributed by atoms with Crippen LogP contribution in [0.25, 0.3) is 10.8 Å². The quantitative estimate of drug-likeness (QED) is 0.256. The Morgan fingerprint density at radius 3 is 2.31 bits per heavy atom. The maximum Gasteiger partial charge on any atom is 0.303 e. The van der Waals surface area contributed by atoms with E-state index in [9.17, 15) is 14.4 Å². The molecule has 4 rings (SSSR count). The van der Waals surface area contributed by atoms with Crippen molar-refractivity contribution in [2.45, 2.75) is 32.2 Å². The summed E-state index contributed by atoms with van der Waals surface area (Å²) < 4.78 is 6.01. The number of nitrogens with one attached hydrogen (secondary N) is 1. The van der Waals surface area contributed by atoms with E-state index in [-0.39, 0.29) is 24.3 Å². The van der Waals surface area contributed by atoms with Gasteiger partial charge in [-0.2, -0.15) is 0 Å². The standard InChI is InChI=1S/C32H32N2O5/c1-21(27-12-6-9-22-8-4-5-11-28(22)27)33-31(37)29-20-26(19-14-23(29)10-7-13-30(35)36)39-25-17-15-24(16-18-25)32(38)34(2)3/h4-6,8-9,11-12,14-21H,7,10,13H2,1-3H3,(H,33,37)(H,35,36)/t21-/m1/s1. The first-order chi connectivity index (χ1) is 18.7. The molecule has 0 radical (unpaired) electrons. The molecule has 0 saturated carbocycles. The van der Waals surface area contributed by atoms with E-state index in [4.69, 9.17) is 9.84 Å². The van der Waals surface area contributed by atoms with E-state index in [1.807, 2.05) is 49.4 Å². The molecule has 7 nitrogen and oxygen atoms in total. The minimum Gasteiger partial charge on any atom is -0.481 e. The molecule has 39 heavy (non-hydrogen) atoms. The summed E-state index contributed by atoms with van der Waals surface area (Å²) in [4.78, 5) is 38.3. The van der Waals surface area contributed by atoms with Crippen LogP contribution in [0, 0.1) is 0 Å². The van der Waals surface area contributed by atoms with Crippen LogP contribution in [0.2, 0.25) is 0 Å². The minimum absolute atomic E-state index is 0.0176. The minimum atomic E-state index is -0.873. The molecule has 0 fully saturated rings. The van der Waals surface area contributed by atoms with Gasteiger partial charge in [-0.3, -0.25) is 14.4 Å². The van der Waals surface area contributed by atoms with E-state index in [1.165, 1.54) is 4.90 Å². The lowest BCUT2D eigenvalue weighted by Gasteiger charge is -2.19. The third-order valence-electron chi connectivity index (χ3n) is 6.54. The molecule has 0 saturated heterocycles. The summed E-state index contributed by atoms with van der Waals surface area (Å²) in [5, 5.41) is 14.4. The van der Waals surface area contributed by atoms with Gasteiger partial charge in [-0.15, -0.1) is 0 Å². The fourth-order valence-corrected chi connectivity index (χ4v) is 4.52. The Morgan fingerprint density at radius 1 is 0.897 bits per heavy atom. The van der Waals surface area contributed by atoms with Crippen molar-refractivity contribution in [3.8, 4) is 11.5 Å². The maximum atomic E-state index is 13.5. The number of rotatable bonds is 10. The van der Waals surface area contributed by atoms with E-state index in [2.05, 4.69) is 5.32 Å². The zero-order valence-corrected chi connectivity index (χ0v) is 22.3. The number of nitrogens with zero attached hydrogens (tertiary/aromatic N) is 1. The highest BCUT2D eigenvalue weighted by molar-refractivity contribution is 5.97. The summed E-state index contributed by atoms with van der Waals surface area (Å²) in [7, 11) is 3.39. The van der Waals surface area contributed by atoms with Crippen LogP contribution in [0.1, 0.15) is 57.7 Å². The molecule has 0 bridgehead atoms. The Labute approximate surface area is 228 Å². The molecule has 1 atom stereocenters. The first kappa shape index (κ1) is 27.4. The monoisotopic (exact) mass is 524 g/mol. The number of carbonyl (C=O) groups excluding carboxylic acids is 2. The molecular formula is C32H32N2O5. The van der Waals surface area contributed by atoms with Gasteiger partial charge < -0.3 is 20.1 Å². The summed E-state index contributed by atoms with van der Waals surface area (Å²) in [5.41, 5.74) is 2.74. The molecule has 0 spiro atoms. The number of hydrogen-bond donors (Lipinski definition) is 2. The molecule has 7 heteroatoms. The summed E-state index contributed by atoms with van der Waals surface area (Å²) in [6, 6.07) is 25.8. The molecule has 0 aromatic heterocycles. The van der Waals surface area contributed by atoms with Crippen molar-refractivity contribution in [1.29, 1.82) is 0 Å². The van der Waals surface area contributed by atoms with Crippen molar-refractivity contribution in [3.63, 3.8) is 0 Å². The van der Waals surface area contributed by atoms with Gasteiger partial charge >= 0.3 is 5.97 Å². The third kappa shape index (κ3) is 6.82. The van der Waals surface area contributed by atoms with Gasteiger partial charge in [-0.25, -0.2) is 0 Å². The maximum absolute atomic E-state index is 13.5. The SMILES string of the molecule is C[C@@H](NC(=O)c1cc(Oc2ccc(C(=O)N(C)C)cc2)ccc1CCCC(=O)O)c1cccc2ccccc12. The van der Waals surface area contributed by atoms with Crippen molar-refractivity contribution in [1.82, 2.24) is 10.2 Å². The second-order valence-corrected chi connectivity index (χ2v) is 9.66. The Kier molecular flexibility index (Phi) is 8.61. The second-order valence-electron chi connectivity index (χ2n) is 9.66. The lowest BCUT2D eigenvalue weighted by atomic mass is 9.98. The molecule has 2 amide bonds. The number of hydrogen-bond acceptors (Lipinski definition) is 4. The zero-order valence-electron chi connectivity index (χ0n) is 22.3. The second kappa shape index (κ2) is 12.3. The summed E-state index contributed by atoms with van der Waals surface area (Å²) in [6.45, 7) is 1.95. The zero-order chi connectivity index (χ0) is 27.9. The number of aliphatic carboxylic acids is 1. The summed E-state index contributed by atoms with van der Waals surface area (Å²) in [6.07, 6.45) is 0.874. The Balaban J connectivity index is 1.58. The van der Waals surface area contributed by atoms with Gasteiger partial charge in [0.2, 0.25) is 0 Å². The highest BCUT2D eigenvalue weighted by atomic mass is 16.5. The smallest absolute Gasteiger partial charge is 0.303 e. The largest absolute Gasteiger partial charge is 0.481 e. The van der Waals surface area contributed by atoms with E-state index in [0.717, 1.165) is 21.9 Å². The van der Waals surface area contributed by atoms with E-state index in [1.54, 1.807) is 56.6 Å². The number of fused-ring (bicyclic) bond motifs is 1. The average Bonchev–Trinajstić information content (AvgIpc) is 2.93. The molecular weight excluding hydrogens is 492 g/mol. The van der Waals surface area contributed by atoms with Crippen molar-refractivity contribution in [2.75, 3.05) is 14.1 Å². The number of carboxylic acids is 1. The van der Waals surface area contributed by atoms with E-state index < -0.39 is 5.97 Å². The van der Waals surface area contributed by atoms with Crippen LogP contribution in [-0.4, -0.2) is 41.9 Å². The van der Waals surface area contributed by atoms with Crippen LogP contribution in [0.15, 0.2) is 84.9 Å². The van der Waals surface area contributed by atoms with Gasteiger partial charge in [0.25, 0.3) is 11.8 Å². The molecule has 0 heterocycles. The van der Waals surface area contributed by atoms with Gasteiger partial charge in [-0.1, -0.05) is 48.5 Å². The van der Waals surface area contributed by atoms with Gasteiger partial charge in [0.1, 0.15) is 11.5 Å². The highest BCUT2D eigenvalue weighted by Crippen LogP contribution is 2.28. The van der Waals surface area contributed by atoms with Gasteiger partial charge in [-0.05, 0) is 78.1 Å². The van der Waals surface area contributed by atoms with Crippen molar-refractivity contribution in [2.24, 2.45) is 0 Å². The van der Waals surface area contributed by atoms with Crippen molar-refractivity contribution in [3.05, 3.63) is 107 Å². The number of amides is 2. The van der Waals surface area contributed by atoms with Crippen molar-refractivity contribution >= 4 is 28.6 Å². The average molecular weight is 525 g/mol. The van der Waals surface area contributed by atoms with Crippen LogP contribution in [0.4, 0.5) is 0 Å². The molecule has 0 aliphatic heterocycles. The first-order valence-corrected chi connectivity index (χ1v) is 12.9. The third-order valence-corrected chi connectivity index (χ3v) is 6.54. The topological polar surface area (TPSA) is 95.9 Å². The van der Waals surface area contributed by atoms with Crippen LogP contribution < -0.4 is 10.1 Å². The van der Waals surface area contributed by atoms with Crippen molar-refractivity contribution < 1.29 is 24.2 Å². The summed E-state index contributed by atoms with van der Waals surface area (Å²) >= 11 is 0. The predicted octanol–water partition coefficient (Wildman–Crippen LogP) is 6.23. The number of ether oxygens (including phenoxy) is 1. The van der Waals surface area contributed by atoms with Crippen LogP contribution in [0.3, 0.4) is 0 Å². The Morgan fingerprint density at radius 2 is 1.59 bits per heavy atom. The molecule has 0 unspecified atom stereocenters. The van der Waals surface area contributed by atoms with E-state index in [0.29, 0.717) is 35.5 Å². The lowest BCUT2D eigenvalue weighted by Crippen LogP contribution is -2.27.